The molecule has 0 bridgehead atoms. The second kappa shape index (κ2) is 8.59. The Kier molecular flexibility index (Phi) is 5.59. The van der Waals surface area contributed by atoms with E-state index in [1.807, 2.05) is 12.1 Å². The molecule has 0 radical (unpaired) electrons. The van der Waals surface area contributed by atoms with Gasteiger partial charge in [0.25, 0.3) is 11.8 Å². The summed E-state index contributed by atoms with van der Waals surface area (Å²) in [6, 6.07) is 12.4. The first-order valence-corrected chi connectivity index (χ1v) is 11.6. The molecule has 1 aliphatic carbocycles. The number of hydrogen-bond acceptors (Lipinski definition) is 5. The standard InChI is InChI=1S/C26H27N3O5/c1-27(2)23(30)15-28-14-18-5-8-19(13-21(18)25(28)32)29-12-11-22(26(29)33)34-20-9-6-17(7-10-20)24(31)16-3-4-16/h5-10,13,16,22H,3-4,11-12,14-15H2,1-2H3/t22-/m1/s1. The number of benzene rings is 2. The summed E-state index contributed by atoms with van der Waals surface area (Å²) in [4.78, 5) is 54.7. The molecule has 2 fully saturated rings. The molecule has 2 aromatic rings. The molecule has 3 amide bonds. The molecule has 1 saturated carbocycles. The molecule has 176 valence electrons. The van der Waals surface area contributed by atoms with Gasteiger partial charge in [0.05, 0.1) is 0 Å². The van der Waals surface area contributed by atoms with Crippen molar-refractivity contribution in [2.24, 2.45) is 5.92 Å². The molecule has 34 heavy (non-hydrogen) atoms. The maximum atomic E-state index is 13.1. The average Bonchev–Trinajstić information content (AvgIpc) is 3.56. The molecular formula is C26H27N3O5. The second-order valence-electron chi connectivity index (χ2n) is 9.34. The molecule has 3 aliphatic rings. The van der Waals surface area contributed by atoms with Crippen molar-refractivity contribution in [3.05, 3.63) is 59.2 Å². The Bertz CT molecular complexity index is 1170. The Morgan fingerprint density at radius 3 is 2.44 bits per heavy atom. The topological polar surface area (TPSA) is 87.2 Å². The van der Waals surface area contributed by atoms with Crippen molar-refractivity contribution in [1.82, 2.24) is 9.80 Å². The Labute approximate surface area is 198 Å². The van der Waals surface area contributed by atoms with Crippen LogP contribution in [0.1, 0.15) is 45.5 Å². The van der Waals surface area contributed by atoms with Gasteiger partial charge in [0.2, 0.25) is 5.91 Å². The lowest BCUT2D eigenvalue weighted by molar-refractivity contribution is -0.129. The van der Waals surface area contributed by atoms with Crippen LogP contribution in [0.4, 0.5) is 5.69 Å². The number of hydrogen-bond donors (Lipinski definition) is 0. The third kappa shape index (κ3) is 4.16. The Morgan fingerprint density at radius 1 is 1.03 bits per heavy atom. The van der Waals surface area contributed by atoms with Gasteiger partial charge in [-0.2, -0.15) is 0 Å². The van der Waals surface area contributed by atoms with Crippen molar-refractivity contribution in [2.45, 2.75) is 31.9 Å². The van der Waals surface area contributed by atoms with Crippen LogP contribution in [0.5, 0.6) is 5.75 Å². The minimum atomic E-state index is -0.622. The number of ether oxygens (including phenoxy) is 1. The van der Waals surface area contributed by atoms with E-state index in [1.54, 1.807) is 49.3 Å². The number of fused-ring (bicyclic) bond motifs is 1. The van der Waals surface area contributed by atoms with Crippen LogP contribution >= 0.6 is 0 Å². The van der Waals surface area contributed by atoms with E-state index in [9.17, 15) is 19.2 Å². The predicted molar refractivity (Wildman–Crippen MR) is 125 cm³/mol. The van der Waals surface area contributed by atoms with Gasteiger partial charge in [-0.1, -0.05) is 6.07 Å². The van der Waals surface area contributed by atoms with Gasteiger partial charge in [0, 0.05) is 56.3 Å². The van der Waals surface area contributed by atoms with Gasteiger partial charge < -0.3 is 19.4 Å². The van der Waals surface area contributed by atoms with Crippen molar-refractivity contribution in [2.75, 3.05) is 32.1 Å². The van der Waals surface area contributed by atoms with Crippen molar-refractivity contribution in [3.63, 3.8) is 0 Å². The Balaban J connectivity index is 1.24. The molecule has 5 rings (SSSR count). The number of rotatable bonds is 7. The van der Waals surface area contributed by atoms with Crippen LogP contribution in [0, 0.1) is 5.92 Å². The van der Waals surface area contributed by atoms with Crippen LogP contribution < -0.4 is 9.64 Å². The maximum Gasteiger partial charge on any atom is 0.268 e. The van der Waals surface area contributed by atoms with E-state index in [0.717, 1.165) is 18.4 Å². The lowest BCUT2D eigenvalue weighted by atomic mass is 10.1. The highest BCUT2D eigenvalue weighted by Gasteiger charge is 2.36. The van der Waals surface area contributed by atoms with Crippen molar-refractivity contribution < 1.29 is 23.9 Å². The Morgan fingerprint density at radius 2 is 1.76 bits per heavy atom. The zero-order valence-corrected chi connectivity index (χ0v) is 19.3. The lowest BCUT2D eigenvalue weighted by Crippen LogP contribution is -2.36. The molecular weight excluding hydrogens is 434 g/mol. The van der Waals surface area contributed by atoms with Crippen LogP contribution in [0.15, 0.2) is 42.5 Å². The zero-order valence-electron chi connectivity index (χ0n) is 19.3. The molecule has 1 saturated heterocycles. The third-order valence-corrected chi connectivity index (χ3v) is 6.63. The summed E-state index contributed by atoms with van der Waals surface area (Å²) in [5, 5.41) is 0. The zero-order chi connectivity index (χ0) is 24.0. The van der Waals surface area contributed by atoms with Gasteiger partial charge in [-0.3, -0.25) is 19.2 Å². The molecule has 8 heteroatoms. The number of anilines is 1. The molecule has 2 aliphatic heterocycles. The van der Waals surface area contributed by atoms with Gasteiger partial charge in [-0.15, -0.1) is 0 Å². The molecule has 0 spiro atoms. The van der Waals surface area contributed by atoms with Crippen LogP contribution in [0.3, 0.4) is 0 Å². The summed E-state index contributed by atoms with van der Waals surface area (Å²) < 4.78 is 5.93. The first-order valence-electron chi connectivity index (χ1n) is 11.6. The number of ketones is 1. The van der Waals surface area contributed by atoms with Gasteiger partial charge in [-0.25, -0.2) is 0 Å². The number of amides is 3. The quantitative estimate of drug-likeness (QED) is 0.592. The third-order valence-electron chi connectivity index (χ3n) is 6.63. The van der Waals surface area contributed by atoms with Crippen LogP contribution in [0.25, 0.3) is 0 Å². The first-order chi connectivity index (χ1) is 16.3. The predicted octanol–water partition coefficient (Wildman–Crippen LogP) is 2.51. The van der Waals surface area contributed by atoms with Crippen LogP contribution in [-0.4, -0.2) is 66.6 Å². The minimum Gasteiger partial charge on any atom is -0.481 e. The van der Waals surface area contributed by atoms with E-state index in [4.69, 9.17) is 4.74 Å². The molecule has 2 heterocycles. The first kappa shape index (κ1) is 22.1. The minimum absolute atomic E-state index is 0.0272. The molecule has 2 aromatic carbocycles. The largest absolute Gasteiger partial charge is 0.481 e. The van der Waals surface area contributed by atoms with E-state index in [2.05, 4.69) is 0 Å². The molecule has 0 aromatic heterocycles. The van der Waals surface area contributed by atoms with E-state index in [0.29, 0.717) is 42.1 Å². The van der Waals surface area contributed by atoms with E-state index in [1.165, 1.54) is 9.80 Å². The van der Waals surface area contributed by atoms with Crippen LogP contribution in [-0.2, 0) is 16.1 Å². The number of carbonyl (C=O) groups excluding carboxylic acids is 4. The fraction of sp³-hybridized carbons (Fsp3) is 0.385. The fourth-order valence-electron chi connectivity index (χ4n) is 4.41. The highest BCUT2D eigenvalue weighted by Crippen LogP contribution is 2.33. The van der Waals surface area contributed by atoms with Gasteiger partial charge in [0.1, 0.15) is 12.3 Å². The van der Waals surface area contributed by atoms with Crippen molar-refractivity contribution in [3.8, 4) is 5.75 Å². The number of likely N-dealkylation sites (N-methyl/N-ethyl adjacent to an activating group) is 1. The number of Topliss-reactive ketones (excluding diaryl/α,β-unsaturated/α-hetero) is 1. The summed E-state index contributed by atoms with van der Waals surface area (Å²) >= 11 is 0. The summed E-state index contributed by atoms with van der Waals surface area (Å²) in [5.41, 5.74) is 2.70. The smallest absolute Gasteiger partial charge is 0.268 e. The maximum absolute atomic E-state index is 13.1. The monoisotopic (exact) mass is 461 g/mol. The van der Waals surface area contributed by atoms with Crippen LogP contribution in [0.2, 0.25) is 0 Å². The summed E-state index contributed by atoms with van der Waals surface area (Å²) in [5.74, 6) is 0.386. The normalized spacial score (nSPS) is 19.4. The fourth-order valence-corrected chi connectivity index (χ4v) is 4.41. The highest BCUT2D eigenvalue weighted by atomic mass is 16.5. The summed E-state index contributed by atoms with van der Waals surface area (Å²) in [6.45, 7) is 0.893. The SMILES string of the molecule is CN(C)C(=O)CN1Cc2ccc(N3CC[C@@H](Oc4ccc(C(=O)C5CC5)cc4)C3=O)cc2C1=O. The van der Waals surface area contributed by atoms with Gasteiger partial charge >= 0.3 is 0 Å². The number of carbonyl (C=O) groups is 4. The summed E-state index contributed by atoms with van der Waals surface area (Å²) in [7, 11) is 3.32. The van der Waals surface area contributed by atoms with E-state index >= 15 is 0 Å². The molecule has 0 unspecified atom stereocenters. The van der Waals surface area contributed by atoms with Crippen molar-refractivity contribution >= 4 is 29.2 Å². The van der Waals surface area contributed by atoms with E-state index in [-0.39, 0.29) is 36.0 Å². The van der Waals surface area contributed by atoms with E-state index < -0.39 is 6.10 Å². The summed E-state index contributed by atoms with van der Waals surface area (Å²) in [6.07, 6.45) is 1.83. The number of nitrogens with zero attached hydrogens (tertiary/aromatic N) is 3. The van der Waals surface area contributed by atoms with Gasteiger partial charge in [0.15, 0.2) is 11.9 Å². The second-order valence-corrected chi connectivity index (χ2v) is 9.34. The Hall–Kier alpha value is -3.68. The lowest BCUT2D eigenvalue weighted by Gasteiger charge is -2.18. The molecule has 1 atom stereocenters. The van der Waals surface area contributed by atoms with Crippen molar-refractivity contribution in [1.29, 1.82) is 0 Å². The highest BCUT2D eigenvalue weighted by molar-refractivity contribution is 6.04. The van der Waals surface area contributed by atoms with Gasteiger partial charge in [-0.05, 0) is 54.8 Å². The molecule has 8 nitrogen and oxygen atoms in total. The average molecular weight is 462 g/mol. The molecule has 0 N–H and O–H groups in total.